The molecule has 3 rings (SSSR count). The summed E-state index contributed by atoms with van der Waals surface area (Å²) in [7, 11) is 0. The molecule has 3 aromatic rings. The van der Waals surface area contributed by atoms with E-state index in [9.17, 15) is 9.90 Å². The molecule has 5 nitrogen and oxygen atoms in total. The first kappa shape index (κ1) is 19.3. The van der Waals surface area contributed by atoms with E-state index in [4.69, 9.17) is 4.74 Å². The summed E-state index contributed by atoms with van der Waals surface area (Å²) in [5, 5.41) is 11.8. The number of ether oxygens (including phenoxy) is 1. The fraction of sp³-hybridized carbons (Fsp3) is 0.333. The number of hydrogen-bond donors (Lipinski definition) is 0. The van der Waals surface area contributed by atoms with Crippen LogP contribution in [0.1, 0.15) is 30.9 Å². The zero-order valence-electron chi connectivity index (χ0n) is 15.8. The minimum Gasteiger partial charge on any atom is -0.548 e. The Morgan fingerprint density at radius 1 is 1.26 bits per heavy atom. The molecule has 0 aliphatic carbocycles. The number of carboxylic acids is 1. The number of para-hydroxylation sites is 2. The van der Waals surface area contributed by atoms with Crippen molar-refractivity contribution in [3.05, 3.63) is 53.6 Å². The van der Waals surface area contributed by atoms with Crippen LogP contribution in [-0.2, 0) is 11.3 Å². The van der Waals surface area contributed by atoms with Crippen molar-refractivity contribution in [3.63, 3.8) is 0 Å². The Labute approximate surface area is 163 Å². The quantitative estimate of drug-likeness (QED) is 0.441. The minimum absolute atomic E-state index is 0.209. The van der Waals surface area contributed by atoms with Crippen LogP contribution in [-0.4, -0.2) is 27.9 Å². The lowest BCUT2D eigenvalue weighted by atomic mass is 10.0. The Kier molecular flexibility index (Phi) is 6.06. The number of benzene rings is 2. The van der Waals surface area contributed by atoms with Crippen molar-refractivity contribution in [2.45, 2.75) is 38.4 Å². The zero-order valence-corrected chi connectivity index (χ0v) is 16.6. The van der Waals surface area contributed by atoms with Crippen molar-refractivity contribution >= 4 is 28.8 Å². The maximum absolute atomic E-state index is 11.1. The first-order valence-electron chi connectivity index (χ1n) is 8.97. The molecule has 0 N–H and O–H groups in total. The number of carbonyl (C=O) groups excluding carboxylic acids is 1. The Bertz CT molecular complexity index is 950. The van der Waals surface area contributed by atoms with Gasteiger partial charge in [-0.25, -0.2) is 4.98 Å². The SMILES string of the molecule is Cc1ccc(C(C)C)c(OCCSc2nc3ccccc3n2CC(=O)[O-])c1. The van der Waals surface area contributed by atoms with Crippen LogP contribution in [0, 0.1) is 6.92 Å². The summed E-state index contributed by atoms with van der Waals surface area (Å²) in [5.41, 5.74) is 3.93. The van der Waals surface area contributed by atoms with Gasteiger partial charge in [-0.05, 0) is 42.2 Å². The number of hydrogen-bond acceptors (Lipinski definition) is 5. The molecule has 0 aliphatic rings. The van der Waals surface area contributed by atoms with Gasteiger partial charge in [0.2, 0.25) is 0 Å². The second kappa shape index (κ2) is 8.48. The lowest BCUT2D eigenvalue weighted by Crippen LogP contribution is -2.27. The first-order chi connectivity index (χ1) is 13.0. The van der Waals surface area contributed by atoms with Gasteiger partial charge in [-0.3, -0.25) is 0 Å². The smallest absolute Gasteiger partial charge is 0.169 e. The number of carboxylic acid groups (broad SMARTS) is 1. The maximum Gasteiger partial charge on any atom is 0.169 e. The molecular weight excluding hydrogens is 360 g/mol. The third kappa shape index (κ3) is 4.63. The largest absolute Gasteiger partial charge is 0.548 e. The first-order valence-corrected chi connectivity index (χ1v) is 9.95. The molecule has 0 atom stereocenters. The topological polar surface area (TPSA) is 67.2 Å². The van der Waals surface area contributed by atoms with Crippen molar-refractivity contribution in [3.8, 4) is 5.75 Å². The fourth-order valence-corrected chi connectivity index (χ4v) is 3.80. The number of nitrogens with zero attached hydrogens (tertiary/aromatic N) is 2. The minimum atomic E-state index is -1.13. The molecule has 0 spiro atoms. The van der Waals surface area contributed by atoms with Crippen LogP contribution in [0.5, 0.6) is 5.75 Å². The Morgan fingerprint density at radius 3 is 2.78 bits per heavy atom. The average molecular weight is 383 g/mol. The van der Waals surface area contributed by atoms with E-state index in [1.54, 1.807) is 4.57 Å². The number of imidazole rings is 1. The van der Waals surface area contributed by atoms with Crippen LogP contribution >= 0.6 is 11.8 Å². The molecule has 0 fully saturated rings. The van der Waals surface area contributed by atoms with Crippen LogP contribution in [0.3, 0.4) is 0 Å². The maximum atomic E-state index is 11.1. The van der Waals surface area contributed by atoms with E-state index in [1.807, 2.05) is 31.2 Å². The van der Waals surface area contributed by atoms with Gasteiger partial charge >= 0.3 is 0 Å². The zero-order chi connectivity index (χ0) is 19.4. The van der Waals surface area contributed by atoms with Crippen molar-refractivity contribution < 1.29 is 14.6 Å². The van der Waals surface area contributed by atoms with E-state index in [-0.39, 0.29) is 6.54 Å². The van der Waals surface area contributed by atoms with Gasteiger partial charge in [0, 0.05) is 5.75 Å². The number of carbonyl (C=O) groups is 1. The van der Waals surface area contributed by atoms with Crippen molar-refractivity contribution in [2.75, 3.05) is 12.4 Å². The Balaban J connectivity index is 1.69. The van der Waals surface area contributed by atoms with Gasteiger partial charge in [0.1, 0.15) is 5.75 Å². The van der Waals surface area contributed by atoms with Gasteiger partial charge in [0.05, 0.1) is 30.2 Å². The van der Waals surface area contributed by atoms with Crippen molar-refractivity contribution in [1.29, 1.82) is 0 Å². The van der Waals surface area contributed by atoms with Crippen LogP contribution in [0.25, 0.3) is 11.0 Å². The summed E-state index contributed by atoms with van der Waals surface area (Å²) in [4.78, 5) is 15.7. The lowest BCUT2D eigenvalue weighted by Gasteiger charge is -2.15. The lowest BCUT2D eigenvalue weighted by molar-refractivity contribution is -0.306. The van der Waals surface area contributed by atoms with E-state index < -0.39 is 5.97 Å². The Morgan fingerprint density at radius 2 is 2.04 bits per heavy atom. The molecule has 0 amide bonds. The molecule has 0 radical (unpaired) electrons. The van der Waals surface area contributed by atoms with Gasteiger partial charge in [0.25, 0.3) is 0 Å². The van der Waals surface area contributed by atoms with Crippen LogP contribution < -0.4 is 9.84 Å². The highest BCUT2D eigenvalue weighted by molar-refractivity contribution is 7.99. The van der Waals surface area contributed by atoms with Crippen molar-refractivity contribution in [1.82, 2.24) is 9.55 Å². The number of aryl methyl sites for hydroxylation is 1. The van der Waals surface area contributed by atoms with Crippen LogP contribution in [0.15, 0.2) is 47.6 Å². The van der Waals surface area contributed by atoms with E-state index in [2.05, 4.69) is 37.0 Å². The van der Waals surface area contributed by atoms with Crippen LogP contribution in [0.2, 0.25) is 0 Å². The number of aromatic nitrogens is 2. The molecule has 0 saturated carbocycles. The average Bonchev–Trinajstić information content (AvgIpc) is 2.95. The number of rotatable bonds is 8. The van der Waals surface area contributed by atoms with Gasteiger partial charge in [-0.2, -0.15) is 0 Å². The van der Waals surface area contributed by atoms with Gasteiger partial charge in [0.15, 0.2) is 5.16 Å². The Hall–Kier alpha value is -2.47. The fourth-order valence-electron chi connectivity index (χ4n) is 2.97. The molecule has 0 bridgehead atoms. The summed E-state index contributed by atoms with van der Waals surface area (Å²) >= 11 is 1.49. The van der Waals surface area contributed by atoms with Crippen molar-refractivity contribution in [2.24, 2.45) is 0 Å². The molecular formula is C21H23N2O3S-. The summed E-state index contributed by atoms with van der Waals surface area (Å²) in [6.45, 7) is 6.65. The summed E-state index contributed by atoms with van der Waals surface area (Å²) in [5.74, 6) is 0.842. The number of aliphatic carboxylic acids is 1. The predicted octanol–water partition coefficient (Wildman–Crippen LogP) is 3.39. The van der Waals surface area contributed by atoms with E-state index in [0.29, 0.717) is 23.4 Å². The van der Waals surface area contributed by atoms with Gasteiger partial charge in [-0.1, -0.05) is 49.9 Å². The molecule has 0 unspecified atom stereocenters. The molecule has 2 aromatic carbocycles. The predicted molar refractivity (Wildman–Crippen MR) is 106 cm³/mol. The highest BCUT2D eigenvalue weighted by Crippen LogP contribution is 2.28. The monoisotopic (exact) mass is 383 g/mol. The highest BCUT2D eigenvalue weighted by atomic mass is 32.2. The van der Waals surface area contributed by atoms with E-state index in [0.717, 1.165) is 22.3 Å². The highest BCUT2D eigenvalue weighted by Gasteiger charge is 2.12. The second-order valence-corrected chi connectivity index (χ2v) is 7.80. The summed E-state index contributed by atoms with van der Waals surface area (Å²) < 4.78 is 7.69. The van der Waals surface area contributed by atoms with Crippen LogP contribution in [0.4, 0.5) is 0 Å². The molecule has 1 aromatic heterocycles. The number of fused-ring (bicyclic) bond motifs is 1. The van der Waals surface area contributed by atoms with Gasteiger partial charge < -0.3 is 19.2 Å². The summed E-state index contributed by atoms with van der Waals surface area (Å²) in [6, 6.07) is 13.8. The third-order valence-electron chi connectivity index (χ3n) is 4.27. The summed E-state index contributed by atoms with van der Waals surface area (Å²) in [6.07, 6.45) is 0. The molecule has 0 aliphatic heterocycles. The third-order valence-corrected chi connectivity index (χ3v) is 5.21. The molecule has 1 heterocycles. The van der Waals surface area contributed by atoms with E-state index >= 15 is 0 Å². The van der Waals surface area contributed by atoms with Gasteiger partial charge in [-0.15, -0.1) is 0 Å². The molecule has 6 heteroatoms. The standard InChI is InChI=1S/C21H24N2O3S/c1-14(2)16-9-8-15(3)12-19(16)26-10-11-27-21-22-17-6-4-5-7-18(17)23(21)13-20(24)25/h4-9,12,14H,10-11,13H2,1-3H3,(H,24,25)/p-1. The second-order valence-electron chi connectivity index (χ2n) is 6.73. The molecule has 27 heavy (non-hydrogen) atoms. The number of thioether (sulfide) groups is 1. The normalized spacial score (nSPS) is 11.3. The molecule has 0 saturated heterocycles. The molecule has 142 valence electrons. The van der Waals surface area contributed by atoms with E-state index in [1.165, 1.54) is 17.3 Å².